The highest BCUT2D eigenvalue weighted by Gasteiger charge is 2.28. The lowest BCUT2D eigenvalue weighted by molar-refractivity contribution is -0.129. The summed E-state index contributed by atoms with van der Waals surface area (Å²) in [4.78, 5) is 10.8. The zero-order valence-corrected chi connectivity index (χ0v) is 9.50. The highest BCUT2D eigenvalue weighted by Crippen LogP contribution is 2.27. The van der Waals surface area contributed by atoms with Crippen molar-refractivity contribution in [3.05, 3.63) is 28.2 Å². The fourth-order valence-electron chi connectivity index (χ4n) is 1.41. The van der Waals surface area contributed by atoms with Crippen molar-refractivity contribution >= 4 is 21.7 Å². The van der Waals surface area contributed by atoms with Crippen molar-refractivity contribution in [1.29, 1.82) is 0 Å². The number of ether oxygens (including phenoxy) is 1. The van der Waals surface area contributed by atoms with Gasteiger partial charge in [-0.2, -0.15) is 0 Å². The van der Waals surface area contributed by atoms with Crippen molar-refractivity contribution in [2.75, 3.05) is 0 Å². The quantitative estimate of drug-likeness (QED) is 0.812. The van der Waals surface area contributed by atoms with Gasteiger partial charge < -0.3 is 4.74 Å². The van der Waals surface area contributed by atoms with Crippen molar-refractivity contribution in [3.8, 4) is 5.75 Å². The van der Waals surface area contributed by atoms with E-state index >= 15 is 0 Å². The van der Waals surface area contributed by atoms with Gasteiger partial charge in [0.25, 0.3) is 0 Å². The molecule has 14 heavy (non-hydrogen) atoms. The Morgan fingerprint density at radius 1 is 1.43 bits per heavy atom. The maximum atomic E-state index is 10.8. The number of carbonyl (C=O) groups is 1. The van der Waals surface area contributed by atoms with E-state index in [2.05, 4.69) is 15.9 Å². The Bertz CT molecular complexity index is 366. The number of aryl methyl sites for hydroxylation is 1. The van der Waals surface area contributed by atoms with E-state index in [1.165, 1.54) is 0 Å². The second kappa shape index (κ2) is 3.73. The van der Waals surface area contributed by atoms with Crippen molar-refractivity contribution in [3.63, 3.8) is 0 Å². The van der Waals surface area contributed by atoms with Crippen LogP contribution >= 0.6 is 15.9 Å². The van der Waals surface area contributed by atoms with E-state index in [4.69, 9.17) is 4.74 Å². The van der Waals surface area contributed by atoms with Gasteiger partial charge in [-0.15, -0.1) is 0 Å². The summed E-state index contributed by atoms with van der Waals surface area (Å²) in [6.07, 6.45) is 1.22. The lowest BCUT2D eigenvalue weighted by Crippen LogP contribution is -2.33. The predicted octanol–water partition coefficient (Wildman–Crippen LogP) is 2.87. The zero-order valence-electron chi connectivity index (χ0n) is 7.92. The SMILES string of the molecule is Cc1ccc(Br)cc1OC1CC(=O)C1. The van der Waals surface area contributed by atoms with Crippen LogP contribution in [0.25, 0.3) is 0 Å². The number of rotatable bonds is 2. The first-order valence-corrected chi connectivity index (χ1v) is 5.39. The van der Waals surface area contributed by atoms with Gasteiger partial charge in [-0.05, 0) is 24.6 Å². The Balaban J connectivity index is 2.08. The molecule has 0 atom stereocenters. The lowest BCUT2D eigenvalue weighted by Gasteiger charge is -2.26. The van der Waals surface area contributed by atoms with E-state index < -0.39 is 0 Å². The number of halogens is 1. The van der Waals surface area contributed by atoms with Crippen LogP contribution in [0, 0.1) is 6.92 Å². The van der Waals surface area contributed by atoms with E-state index in [9.17, 15) is 4.79 Å². The highest BCUT2D eigenvalue weighted by atomic mass is 79.9. The van der Waals surface area contributed by atoms with Crippen molar-refractivity contribution in [2.45, 2.75) is 25.9 Å². The van der Waals surface area contributed by atoms with Crippen LogP contribution in [0.3, 0.4) is 0 Å². The predicted molar refractivity (Wildman–Crippen MR) is 57.5 cm³/mol. The van der Waals surface area contributed by atoms with Gasteiger partial charge in [0.1, 0.15) is 17.6 Å². The number of hydrogen-bond acceptors (Lipinski definition) is 2. The van der Waals surface area contributed by atoms with Gasteiger partial charge in [-0.25, -0.2) is 0 Å². The zero-order chi connectivity index (χ0) is 10.1. The van der Waals surface area contributed by atoms with Gasteiger partial charge in [0.15, 0.2) is 0 Å². The number of ketones is 1. The molecule has 1 aliphatic carbocycles. The van der Waals surface area contributed by atoms with E-state index in [0.29, 0.717) is 18.6 Å². The normalized spacial score (nSPS) is 16.6. The minimum atomic E-state index is 0.0931. The molecule has 1 fully saturated rings. The van der Waals surface area contributed by atoms with Gasteiger partial charge in [0.2, 0.25) is 0 Å². The Morgan fingerprint density at radius 2 is 2.14 bits per heavy atom. The molecule has 2 nitrogen and oxygen atoms in total. The first-order valence-electron chi connectivity index (χ1n) is 4.59. The first kappa shape index (κ1) is 9.71. The number of Topliss-reactive ketones (excluding diaryl/α,β-unsaturated/α-hetero) is 1. The third-order valence-corrected chi connectivity index (χ3v) is 2.85. The van der Waals surface area contributed by atoms with Crippen LogP contribution < -0.4 is 4.74 Å². The largest absolute Gasteiger partial charge is 0.489 e. The molecule has 74 valence electrons. The van der Waals surface area contributed by atoms with E-state index in [-0.39, 0.29) is 6.10 Å². The molecule has 0 aromatic heterocycles. The summed E-state index contributed by atoms with van der Waals surface area (Å²) in [6, 6.07) is 5.92. The summed E-state index contributed by atoms with van der Waals surface area (Å²) in [6.45, 7) is 2.00. The maximum absolute atomic E-state index is 10.8. The molecule has 3 heteroatoms. The minimum Gasteiger partial charge on any atom is -0.489 e. The summed E-state index contributed by atoms with van der Waals surface area (Å²) < 4.78 is 6.68. The lowest BCUT2D eigenvalue weighted by atomic mass is 9.94. The van der Waals surface area contributed by atoms with E-state index in [0.717, 1.165) is 15.8 Å². The van der Waals surface area contributed by atoms with Gasteiger partial charge >= 0.3 is 0 Å². The molecule has 0 heterocycles. The second-order valence-corrected chi connectivity index (χ2v) is 4.51. The summed E-state index contributed by atoms with van der Waals surface area (Å²) in [5.74, 6) is 1.17. The van der Waals surface area contributed by atoms with Crippen LogP contribution in [-0.4, -0.2) is 11.9 Å². The van der Waals surface area contributed by atoms with Gasteiger partial charge in [0, 0.05) is 17.3 Å². The average Bonchev–Trinajstić information content (AvgIpc) is 2.09. The Kier molecular flexibility index (Phi) is 2.59. The molecule has 0 N–H and O–H groups in total. The molecule has 0 spiro atoms. The number of benzene rings is 1. The molecule has 1 saturated carbocycles. The fraction of sp³-hybridized carbons (Fsp3) is 0.364. The van der Waals surface area contributed by atoms with Crippen LogP contribution in [0.15, 0.2) is 22.7 Å². The minimum absolute atomic E-state index is 0.0931. The monoisotopic (exact) mass is 254 g/mol. The van der Waals surface area contributed by atoms with E-state index in [1.807, 2.05) is 25.1 Å². The van der Waals surface area contributed by atoms with Gasteiger partial charge in [-0.1, -0.05) is 22.0 Å². The van der Waals surface area contributed by atoms with Gasteiger partial charge in [0.05, 0.1) is 0 Å². The Hall–Kier alpha value is -0.830. The van der Waals surface area contributed by atoms with Crippen molar-refractivity contribution in [2.24, 2.45) is 0 Å². The topological polar surface area (TPSA) is 26.3 Å². The molecule has 0 aliphatic heterocycles. The molecular formula is C11H11BrO2. The Morgan fingerprint density at radius 3 is 2.79 bits per heavy atom. The standard InChI is InChI=1S/C11H11BrO2/c1-7-2-3-8(12)4-11(7)14-10-5-9(13)6-10/h2-4,10H,5-6H2,1H3. The van der Waals surface area contributed by atoms with Crippen LogP contribution in [0.1, 0.15) is 18.4 Å². The third-order valence-electron chi connectivity index (χ3n) is 2.35. The molecule has 0 bridgehead atoms. The number of carbonyl (C=O) groups excluding carboxylic acids is 1. The smallest absolute Gasteiger partial charge is 0.140 e. The van der Waals surface area contributed by atoms with Crippen LogP contribution in [0.2, 0.25) is 0 Å². The first-order chi connectivity index (χ1) is 6.65. The second-order valence-electron chi connectivity index (χ2n) is 3.60. The molecule has 2 rings (SSSR count). The summed E-state index contributed by atoms with van der Waals surface area (Å²) >= 11 is 3.39. The molecule has 1 aliphatic rings. The molecule has 0 unspecified atom stereocenters. The fourth-order valence-corrected chi connectivity index (χ4v) is 1.75. The molecule has 1 aromatic carbocycles. The summed E-state index contributed by atoms with van der Waals surface area (Å²) in [7, 11) is 0. The molecule has 0 saturated heterocycles. The van der Waals surface area contributed by atoms with Crippen LogP contribution in [0.5, 0.6) is 5.75 Å². The van der Waals surface area contributed by atoms with Crippen molar-refractivity contribution < 1.29 is 9.53 Å². The van der Waals surface area contributed by atoms with Crippen LogP contribution in [-0.2, 0) is 4.79 Å². The third kappa shape index (κ3) is 1.98. The van der Waals surface area contributed by atoms with E-state index in [1.54, 1.807) is 0 Å². The summed E-state index contributed by atoms with van der Waals surface area (Å²) in [5, 5.41) is 0. The number of hydrogen-bond donors (Lipinski definition) is 0. The average molecular weight is 255 g/mol. The molecule has 0 radical (unpaired) electrons. The Labute approximate surface area is 91.4 Å². The molecular weight excluding hydrogens is 244 g/mol. The van der Waals surface area contributed by atoms with Crippen molar-refractivity contribution in [1.82, 2.24) is 0 Å². The maximum Gasteiger partial charge on any atom is 0.140 e. The van der Waals surface area contributed by atoms with Gasteiger partial charge in [-0.3, -0.25) is 4.79 Å². The molecule has 1 aromatic rings. The molecule has 0 amide bonds. The summed E-state index contributed by atoms with van der Waals surface area (Å²) in [5.41, 5.74) is 1.10. The highest BCUT2D eigenvalue weighted by molar-refractivity contribution is 9.10. The van der Waals surface area contributed by atoms with Crippen LogP contribution in [0.4, 0.5) is 0 Å².